The minimum Gasteiger partial charge on any atom is -0.377 e. The van der Waals surface area contributed by atoms with Gasteiger partial charge >= 0.3 is 0 Å². The van der Waals surface area contributed by atoms with Gasteiger partial charge in [0.2, 0.25) is 0 Å². The van der Waals surface area contributed by atoms with Crippen LogP contribution in [0.4, 0.5) is 5.69 Å². The number of rotatable bonds is 8. The summed E-state index contributed by atoms with van der Waals surface area (Å²) in [5.41, 5.74) is 8.16. The highest BCUT2D eigenvalue weighted by atomic mass is 32.1. The van der Waals surface area contributed by atoms with E-state index in [4.69, 9.17) is 0 Å². The number of hydrogen-bond acceptors (Lipinski definition) is 3. The Morgan fingerprint density at radius 2 is 1.65 bits per heavy atom. The van der Waals surface area contributed by atoms with Crippen molar-refractivity contribution in [3.63, 3.8) is 0 Å². The van der Waals surface area contributed by atoms with Crippen LogP contribution in [0.2, 0.25) is 0 Å². The van der Waals surface area contributed by atoms with Crippen molar-refractivity contribution in [2.24, 2.45) is 13.0 Å². The highest BCUT2D eigenvalue weighted by molar-refractivity contribution is 7.17. The molecule has 4 aromatic rings. The first-order chi connectivity index (χ1) is 16.5. The van der Waals surface area contributed by atoms with Crippen molar-refractivity contribution in [3.05, 3.63) is 88.4 Å². The normalized spacial score (nSPS) is 16.2. The Morgan fingerprint density at radius 3 is 2.41 bits per heavy atom. The molecule has 0 radical (unpaired) electrons. The molecule has 5 rings (SSSR count). The summed E-state index contributed by atoms with van der Waals surface area (Å²) >= 11 is 1.81. The molecule has 34 heavy (non-hydrogen) atoms. The standard InChI is InChI=1S/C30H37N3S/c1-22(29-21-30-28(33(29)3)15-18-34-30)31-27-6-4-5-24(20-27)10-7-23-8-11-25(12-9-23)19-26-13-16-32(2)17-14-26/h4-6,8-9,11-12,15,18,20-22,26,31H,7,10,13-14,16-17,19H2,1-3H3. The summed E-state index contributed by atoms with van der Waals surface area (Å²) in [4.78, 5) is 2.45. The van der Waals surface area contributed by atoms with Gasteiger partial charge in [-0.05, 0) is 111 Å². The monoisotopic (exact) mass is 471 g/mol. The van der Waals surface area contributed by atoms with Crippen LogP contribution in [0.25, 0.3) is 10.2 Å². The molecule has 0 spiro atoms. The summed E-state index contributed by atoms with van der Waals surface area (Å²) in [6.07, 6.45) is 6.06. The topological polar surface area (TPSA) is 20.2 Å². The van der Waals surface area contributed by atoms with E-state index in [-0.39, 0.29) is 6.04 Å². The molecular weight excluding hydrogens is 434 g/mol. The van der Waals surface area contributed by atoms with Crippen molar-refractivity contribution in [3.8, 4) is 0 Å². The molecule has 1 saturated heterocycles. The summed E-state index contributed by atoms with van der Waals surface area (Å²) in [5, 5.41) is 5.88. The molecule has 1 unspecified atom stereocenters. The number of aryl methyl sites for hydroxylation is 3. The van der Waals surface area contributed by atoms with Crippen molar-refractivity contribution >= 4 is 27.2 Å². The molecular formula is C30H37N3S. The lowest BCUT2D eigenvalue weighted by molar-refractivity contribution is 0.219. The molecule has 3 nitrogen and oxygen atoms in total. The van der Waals surface area contributed by atoms with E-state index >= 15 is 0 Å². The van der Waals surface area contributed by atoms with Gasteiger partial charge in [0.15, 0.2) is 0 Å². The second-order valence-corrected chi connectivity index (χ2v) is 11.1. The first kappa shape index (κ1) is 23.2. The Bertz CT molecular complexity index is 1210. The molecule has 0 saturated carbocycles. The minimum atomic E-state index is 0.261. The highest BCUT2D eigenvalue weighted by Gasteiger charge is 2.17. The van der Waals surface area contributed by atoms with Crippen LogP contribution in [0.15, 0.2) is 66.0 Å². The predicted octanol–water partition coefficient (Wildman–Crippen LogP) is 7.08. The number of likely N-dealkylation sites (tertiary alicyclic amines) is 1. The number of anilines is 1. The maximum Gasteiger partial charge on any atom is 0.0637 e. The SMILES string of the molecule is CC(Nc1cccc(CCc2ccc(CC3CCN(C)CC3)cc2)c1)c1cc2sccc2n1C. The van der Waals surface area contributed by atoms with E-state index in [1.807, 2.05) is 11.3 Å². The zero-order valence-corrected chi connectivity index (χ0v) is 21.6. The number of benzene rings is 2. The molecule has 0 bridgehead atoms. The maximum absolute atomic E-state index is 3.72. The first-order valence-corrected chi connectivity index (χ1v) is 13.6. The Labute approximate surface area is 208 Å². The number of piperidine rings is 1. The molecule has 4 heteroatoms. The van der Waals surface area contributed by atoms with Gasteiger partial charge < -0.3 is 14.8 Å². The molecule has 2 aromatic heterocycles. The van der Waals surface area contributed by atoms with Crippen LogP contribution in [-0.2, 0) is 26.3 Å². The van der Waals surface area contributed by atoms with E-state index in [1.54, 1.807) is 0 Å². The van der Waals surface area contributed by atoms with Gasteiger partial charge in [0.05, 0.1) is 16.3 Å². The van der Waals surface area contributed by atoms with Crippen LogP contribution in [0.3, 0.4) is 0 Å². The van der Waals surface area contributed by atoms with Crippen molar-refractivity contribution in [2.45, 2.75) is 45.1 Å². The zero-order valence-electron chi connectivity index (χ0n) is 20.8. The lowest BCUT2D eigenvalue weighted by atomic mass is 9.90. The summed E-state index contributed by atoms with van der Waals surface area (Å²) in [5.74, 6) is 0.853. The molecule has 1 atom stereocenters. The third-order valence-electron chi connectivity index (χ3n) is 7.54. The van der Waals surface area contributed by atoms with Crippen LogP contribution in [0.1, 0.15) is 48.2 Å². The number of hydrogen-bond donors (Lipinski definition) is 1. The Balaban J connectivity index is 1.16. The third-order valence-corrected chi connectivity index (χ3v) is 8.40. The smallest absolute Gasteiger partial charge is 0.0637 e. The van der Waals surface area contributed by atoms with Crippen LogP contribution >= 0.6 is 11.3 Å². The van der Waals surface area contributed by atoms with Gasteiger partial charge in [-0.1, -0.05) is 36.4 Å². The fourth-order valence-corrected chi connectivity index (χ4v) is 6.21. The molecule has 2 aromatic carbocycles. The van der Waals surface area contributed by atoms with Gasteiger partial charge in [-0.3, -0.25) is 0 Å². The average Bonchev–Trinajstić information content (AvgIpc) is 3.43. The predicted molar refractivity (Wildman–Crippen MR) is 147 cm³/mol. The molecule has 1 fully saturated rings. The number of nitrogens with one attached hydrogen (secondary N) is 1. The van der Waals surface area contributed by atoms with E-state index in [2.05, 4.69) is 102 Å². The van der Waals surface area contributed by atoms with Gasteiger partial charge in [0.25, 0.3) is 0 Å². The molecule has 0 amide bonds. The molecule has 1 aliphatic heterocycles. The van der Waals surface area contributed by atoms with Gasteiger partial charge in [0.1, 0.15) is 0 Å². The van der Waals surface area contributed by atoms with E-state index in [0.717, 1.165) is 18.8 Å². The van der Waals surface area contributed by atoms with E-state index < -0.39 is 0 Å². The average molecular weight is 472 g/mol. The van der Waals surface area contributed by atoms with Crippen LogP contribution in [0.5, 0.6) is 0 Å². The summed E-state index contributed by atoms with van der Waals surface area (Å²) in [6.45, 7) is 4.75. The van der Waals surface area contributed by atoms with Crippen molar-refractivity contribution < 1.29 is 0 Å². The van der Waals surface area contributed by atoms with Crippen molar-refractivity contribution in [1.82, 2.24) is 9.47 Å². The molecule has 1 N–H and O–H groups in total. The maximum atomic E-state index is 3.72. The fraction of sp³-hybridized carbons (Fsp3) is 0.400. The first-order valence-electron chi connectivity index (χ1n) is 12.7. The minimum absolute atomic E-state index is 0.261. The van der Waals surface area contributed by atoms with Gasteiger partial charge in [0, 0.05) is 18.4 Å². The van der Waals surface area contributed by atoms with Crippen LogP contribution in [-0.4, -0.2) is 29.6 Å². The summed E-state index contributed by atoms with van der Waals surface area (Å²) < 4.78 is 3.67. The van der Waals surface area contributed by atoms with Gasteiger partial charge in [-0.25, -0.2) is 0 Å². The fourth-order valence-electron chi connectivity index (χ4n) is 5.36. The largest absolute Gasteiger partial charge is 0.377 e. The summed E-state index contributed by atoms with van der Waals surface area (Å²) in [6, 6.07) is 23.1. The Hall–Kier alpha value is -2.56. The second kappa shape index (κ2) is 10.4. The molecule has 178 valence electrons. The summed E-state index contributed by atoms with van der Waals surface area (Å²) in [7, 11) is 4.40. The van der Waals surface area contributed by atoms with Crippen molar-refractivity contribution in [1.29, 1.82) is 0 Å². The number of fused-ring (bicyclic) bond motifs is 1. The second-order valence-electron chi connectivity index (χ2n) is 10.1. The number of aromatic nitrogens is 1. The van der Waals surface area contributed by atoms with E-state index in [9.17, 15) is 0 Å². The zero-order chi connectivity index (χ0) is 23.5. The molecule has 1 aliphatic rings. The lowest BCUT2D eigenvalue weighted by Crippen LogP contribution is -2.30. The Morgan fingerprint density at radius 1 is 0.912 bits per heavy atom. The number of thiophene rings is 1. The molecule has 3 heterocycles. The third kappa shape index (κ3) is 5.39. The Kier molecular flexibility index (Phi) is 7.07. The van der Waals surface area contributed by atoms with E-state index in [0.29, 0.717) is 0 Å². The number of nitrogens with zero attached hydrogens (tertiary/aromatic N) is 2. The van der Waals surface area contributed by atoms with Gasteiger partial charge in [-0.2, -0.15) is 0 Å². The highest BCUT2D eigenvalue weighted by Crippen LogP contribution is 2.29. The lowest BCUT2D eigenvalue weighted by Gasteiger charge is -2.29. The van der Waals surface area contributed by atoms with Crippen molar-refractivity contribution in [2.75, 3.05) is 25.5 Å². The quantitative estimate of drug-likeness (QED) is 0.296. The molecule has 0 aliphatic carbocycles. The van der Waals surface area contributed by atoms with Crippen LogP contribution in [0, 0.1) is 5.92 Å². The van der Waals surface area contributed by atoms with Crippen LogP contribution < -0.4 is 5.32 Å². The van der Waals surface area contributed by atoms with Gasteiger partial charge in [-0.15, -0.1) is 11.3 Å². The van der Waals surface area contributed by atoms with E-state index in [1.165, 1.54) is 70.6 Å².